The lowest BCUT2D eigenvalue weighted by Crippen LogP contribution is -2.32. The molecule has 0 bridgehead atoms. The molecule has 0 aromatic carbocycles. The normalized spacial score (nSPS) is 14.8. The molecule has 114 valence electrons. The summed E-state index contributed by atoms with van der Waals surface area (Å²) in [5.41, 5.74) is 5.47. The van der Waals surface area contributed by atoms with E-state index < -0.39 is 0 Å². The molecule has 0 fully saturated rings. The van der Waals surface area contributed by atoms with E-state index in [0.717, 1.165) is 25.8 Å². The maximum atomic E-state index is 8.75. The summed E-state index contributed by atoms with van der Waals surface area (Å²) in [5, 5.41) is 14.0. The molecule has 5 heteroatoms. The van der Waals surface area contributed by atoms with Crippen molar-refractivity contribution in [2.24, 2.45) is 16.3 Å². The van der Waals surface area contributed by atoms with E-state index in [1.165, 1.54) is 4.88 Å². The van der Waals surface area contributed by atoms with Crippen molar-refractivity contribution in [3.63, 3.8) is 0 Å². The topological polar surface area (TPSA) is 61.8 Å². The van der Waals surface area contributed by atoms with Gasteiger partial charge in [-0.3, -0.25) is 4.90 Å². The van der Waals surface area contributed by atoms with E-state index in [1.807, 2.05) is 25.2 Å². The van der Waals surface area contributed by atoms with Gasteiger partial charge in [-0.15, -0.1) is 11.3 Å². The number of hydrogen-bond acceptors (Lipinski definition) is 4. The fourth-order valence-electron chi connectivity index (χ4n) is 2.13. The summed E-state index contributed by atoms with van der Waals surface area (Å²) in [7, 11) is 2.17. The molecule has 1 aromatic heterocycles. The van der Waals surface area contributed by atoms with Crippen LogP contribution in [0.25, 0.3) is 0 Å². The summed E-state index contributed by atoms with van der Waals surface area (Å²) in [6, 6.07) is 4.75. The summed E-state index contributed by atoms with van der Waals surface area (Å²) in [4.78, 5) is 3.78. The second-order valence-electron chi connectivity index (χ2n) is 6.00. The smallest absolute Gasteiger partial charge is 0.144 e. The van der Waals surface area contributed by atoms with Crippen LogP contribution in [0.3, 0.4) is 0 Å². The monoisotopic (exact) mass is 297 g/mol. The Morgan fingerprint density at radius 1 is 1.50 bits per heavy atom. The Morgan fingerprint density at radius 2 is 2.20 bits per heavy atom. The Bertz CT molecular complexity index is 415. The zero-order valence-electron chi connectivity index (χ0n) is 13.0. The average Bonchev–Trinajstić information content (AvgIpc) is 2.95. The van der Waals surface area contributed by atoms with E-state index in [2.05, 4.69) is 41.5 Å². The highest BCUT2D eigenvalue weighted by atomic mass is 32.1. The lowest BCUT2D eigenvalue weighted by atomic mass is 9.86. The Morgan fingerprint density at radius 3 is 2.75 bits per heavy atom. The summed E-state index contributed by atoms with van der Waals surface area (Å²) in [5.74, 6) is 0.317. The highest BCUT2D eigenvalue weighted by Gasteiger charge is 2.23. The number of rotatable bonds is 8. The van der Waals surface area contributed by atoms with Crippen molar-refractivity contribution in [2.45, 2.75) is 46.1 Å². The van der Waals surface area contributed by atoms with Crippen LogP contribution < -0.4 is 5.73 Å². The molecule has 1 rings (SSSR count). The molecule has 0 aliphatic carbocycles. The summed E-state index contributed by atoms with van der Waals surface area (Å²) in [6.45, 7) is 7.33. The van der Waals surface area contributed by atoms with Crippen LogP contribution in [0.2, 0.25) is 0 Å². The molecule has 0 spiro atoms. The number of nitrogens with two attached hydrogens (primary N) is 1. The highest BCUT2D eigenvalue weighted by molar-refractivity contribution is 7.10. The van der Waals surface area contributed by atoms with Gasteiger partial charge in [0.15, 0.2) is 0 Å². The first-order chi connectivity index (χ1) is 9.38. The minimum Gasteiger partial charge on any atom is -0.409 e. The summed E-state index contributed by atoms with van der Waals surface area (Å²) >= 11 is 1.81. The minimum atomic E-state index is -0.229. The first-order valence-electron chi connectivity index (χ1n) is 7.10. The lowest BCUT2D eigenvalue weighted by Gasteiger charge is -2.25. The Labute approximate surface area is 126 Å². The standard InChI is InChI=1S/C15H27N3OS/c1-12(13-8-7-11-20-13)18(4)10-6-5-9-15(2,3)14(16)17-19/h7-8,11-12,19H,5-6,9-10H2,1-4H3,(H2,16,17). The van der Waals surface area contributed by atoms with Crippen LogP contribution in [0.1, 0.15) is 51.0 Å². The van der Waals surface area contributed by atoms with Crippen LogP contribution in [-0.2, 0) is 0 Å². The molecule has 4 nitrogen and oxygen atoms in total. The van der Waals surface area contributed by atoms with Crippen molar-refractivity contribution in [1.82, 2.24) is 4.90 Å². The number of nitrogens with zero attached hydrogens (tertiary/aromatic N) is 2. The fourth-order valence-corrected chi connectivity index (χ4v) is 2.98. The maximum absolute atomic E-state index is 8.75. The third kappa shape index (κ3) is 4.80. The lowest BCUT2D eigenvalue weighted by molar-refractivity contribution is 0.253. The Balaban J connectivity index is 2.31. The van der Waals surface area contributed by atoms with Gasteiger partial charge in [-0.05, 0) is 44.8 Å². The third-order valence-electron chi connectivity index (χ3n) is 3.98. The molecule has 0 saturated heterocycles. The van der Waals surface area contributed by atoms with Gasteiger partial charge in [0.2, 0.25) is 0 Å². The number of unbranched alkanes of at least 4 members (excludes halogenated alkanes) is 1. The number of thiophene rings is 1. The summed E-state index contributed by atoms with van der Waals surface area (Å²) < 4.78 is 0. The molecular formula is C15H27N3OS. The van der Waals surface area contributed by atoms with Gasteiger partial charge in [-0.1, -0.05) is 31.5 Å². The average molecular weight is 297 g/mol. The summed E-state index contributed by atoms with van der Waals surface area (Å²) in [6.07, 6.45) is 3.13. The first-order valence-corrected chi connectivity index (χ1v) is 7.98. The van der Waals surface area contributed by atoms with Crippen molar-refractivity contribution in [3.05, 3.63) is 22.4 Å². The van der Waals surface area contributed by atoms with Crippen LogP contribution in [0, 0.1) is 5.41 Å². The molecule has 0 aliphatic heterocycles. The van der Waals surface area contributed by atoms with E-state index in [9.17, 15) is 0 Å². The van der Waals surface area contributed by atoms with E-state index in [4.69, 9.17) is 10.9 Å². The fraction of sp³-hybridized carbons (Fsp3) is 0.667. The zero-order valence-corrected chi connectivity index (χ0v) is 13.8. The Hall–Kier alpha value is -1.07. The minimum absolute atomic E-state index is 0.229. The molecule has 0 aliphatic rings. The van der Waals surface area contributed by atoms with Gasteiger partial charge >= 0.3 is 0 Å². The zero-order chi connectivity index (χ0) is 15.2. The SMILES string of the molecule is CC(c1cccs1)N(C)CCCCC(C)(C)/C(N)=N/O. The molecule has 1 unspecified atom stereocenters. The van der Waals surface area contributed by atoms with Gasteiger partial charge in [0, 0.05) is 16.3 Å². The van der Waals surface area contributed by atoms with Gasteiger partial charge in [0.1, 0.15) is 5.84 Å². The van der Waals surface area contributed by atoms with Crippen molar-refractivity contribution >= 4 is 17.2 Å². The molecule has 20 heavy (non-hydrogen) atoms. The number of oxime groups is 1. The van der Waals surface area contributed by atoms with Gasteiger partial charge in [0.05, 0.1) is 0 Å². The molecule has 3 N–H and O–H groups in total. The molecule has 0 saturated carbocycles. The molecular weight excluding hydrogens is 270 g/mol. The predicted octanol–water partition coefficient (Wildman–Crippen LogP) is 3.68. The van der Waals surface area contributed by atoms with Crippen LogP contribution in [0.15, 0.2) is 22.7 Å². The molecule has 1 heterocycles. The van der Waals surface area contributed by atoms with Gasteiger partial charge in [0.25, 0.3) is 0 Å². The second-order valence-corrected chi connectivity index (χ2v) is 6.98. The maximum Gasteiger partial charge on any atom is 0.144 e. The second kappa shape index (κ2) is 7.64. The van der Waals surface area contributed by atoms with Crippen LogP contribution in [0.4, 0.5) is 0 Å². The quantitative estimate of drug-likeness (QED) is 0.253. The van der Waals surface area contributed by atoms with Crippen LogP contribution >= 0.6 is 11.3 Å². The third-order valence-corrected chi connectivity index (χ3v) is 5.02. The van der Waals surface area contributed by atoms with Crippen molar-refractivity contribution in [1.29, 1.82) is 0 Å². The van der Waals surface area contributed by atoms with E-state index in [0.29, 0.717) is 11.9 Å². The van der Waals surface area contributed by atoms with Crippen molar-refractivity contribution in [2.75, 3.05) is 13.6 Å². The molecule has 0 radical (unpaired) electrons. The molecule has 1 atom stereocenters. The highest BCUT2D eigenvalue weighted by Crippen LogP contribution is 2.25. The first kappa shape index (κ1) is 17.0. The number of hydrogen-bond donors (Lipinski definition) is 2. The van der Waals surface area contributed by atoms with Gasteiger partial charge in [-0.25, -0.2) is 0 Å². The van der Waals surface area contributed by atoms with Crippen molar-refractivity contribution in [3.8, 4) is 0 Å². The Kier molecular flexibility index (Phi) is 6.49. The van der Waals surface area contributed by atoms with Crippen LogP contribution in [0.5, 0.6) is 0 Å². The van der Waals surface area contributed by atoms with Crippen LogP contribution in [-0.4, -0.2) is 29.5 Å². The predicted molar refractivity (Wildman–Crippen MR) is 86.4 cm³/mol. The van der Waals surface area contributed by atoms with Crippen molar-refractivity contribution < 1.29 is 5.21 Å². The van der Waals surface area contributed by atoms with E-state index in [-0.39, 0.29) is 5.41 Å². The number of amidine groups is 1. The van der Waals surface area contributed by atoms with Gasteiger partial charge in [-0.2, -0.15) is 0 Å². The van der Waals surface area contributed by atoms with E-state index in [1.54, 1.807) is 0 Å². The van der Waals surface area contributed by atoms with Gasteiger partial charge < -0.3 is 10.9 Å². The molecule has 0 amide bonds. The molecule has 1 aromatic rings. The largest absolute Gasteiger partial charge is 0.409 e. The van der Waals surface area contributed by atoms with E-state index >= 15 is 0 Å².